The molecule has 15 nitrogen and oxygen atoms in total. The SMILES string of the molecule is C[C@H](NC(=O)[C@@H]1CCCN1C(=O)[C@@H]1CCCN1C(=O)[C@@H]1CCCN1C(=O)[C@@H](N)[C@@H](C)O)C(=O)N[C@@H](Cc1ccc(O)cc1)C(=O)O. The number of phenolic OH excluding ortho intramolecular Hbond substituents is 1. The summed E-state index contributed by atoms with van der Waals surface area (Å²) in [5.41, 5.74) is 6.44. The summed E-state index contributed by atoms with van der Waals surface area (Å²) >= 11 is 0. The van der Waals surface area contributed by atoms with Gasteiger partial charge in [0.15, 0.2) is 0 Å². The molecular formula is C31H44N6O9. The molecule has 3 aliphatic heterocycles. The summed E-state index contributed by atoms with van der Waals surface area (Å²) in [4.78, 5) is 82.6. The van der Waals surface area contributed by atoms with Crippen molar-refractivity contribution in [1.29, 1.82) is 0 Å². The summed E-state index contributed by atoms with van der Waals surface area (Å²) in [6, 6.07) is -0.0909. The van der Waals surface area contributed by atoms with Gasteiger partial charge >= 0.3 is 5.97 Å². The predicted molar refractivity (Wildman–Crippen MR) is 163 cm³/mol. The summed E-state index contributed by atoms with van der Waals surface area (Å²) < 4.78 is 0. The van der Waals surface area contributed by atoms with E-state index >= 15 is 0 Å². The second kappa shape index (κ2) is 14.9. The summed E-state index contributed by atoms with van der Waals surface area (Å²) in [6.07, 6.45) is 1.76. The zero-order valence-electron chi connectivity index (χ0n) is 26.1. The average Bonchev–Trinajstić information content (AvgIpc) is 3.81. The third-order valence-corrected chi connectivity index (χ3v) is 9.03. The van der Waals surface area contributed by atoms with Crippen molar-refractivity contribution in [2.45, 2.75) is 101 Å². The van der Waals surface area contributed by atoms with Crippen LogP contribution in [0.4, 0.5) is 0 Å². The van der Waals surface area contributed by atoms with E-state index in [-0.39, 0.29) is 24.0 Å². The maximum atomic E-state index is 13.8. The van der Waals surface area contributed by atoms with Gasteiger partial charge in [0.05, 0.1) is 6.10 Å². The number of carboxylic acids is 1. The molecule has 1 aromatic rings. The molecule has 0 radical (unpaired) electrons. The number of nitrogens with zero attached hydrogens (tertiary/aromatic N) is 3. The van der Waals surface area contributed by atoms with Crippen molar-refractivity contribution in [2.24, 2.45) is 5.73 Å². The van der Waals surface area contributed by atoms with E-state index in [4.69, 9.17) is 5.73 Å². The number of benzene rings is 1. The number of hydrogen-bond donors (Lipinski definition) is 6. The van der Waals surface area contributed by atoms with E-state index in [0.29, 0.717) is 63.7 Å². The molecule has 0 saturated carbocycles. The first-order valence-corrected chi connectivity index (χ1v) is 15.8. The number of carboxylic acid groups (broad SMARTS) is 1. The number of phenols is 1. The first kappa shape index (κ1) is 34.6. The monoisotopic (exact) mass is 644 g/mol. The highest BCUT2D eigenvalue weighted by atomic mass is 16.4. The van der Waals surface area contributed by atoms with Gasteiger partial charge in [0.25, 0.3) is 0 Å². The summed E-state index contributed by atoms with van der Waals surface area (Å²) in [7, 11) is 0. The Bertz CT molecular complexity index is 1320. The number of carbonyl (C=O) groups excluding carboxylic acids is 5. The van der Waals surface area contributed by atoms with Crippen molar-refractivity contribution in [3.63, 3.8) is 0 Å². The van der Waals surface area contributed by atoms with E-state index in [2.05, 4.69) is 10.6 Å². The van der Waals surface area contributed by atoms with Crippen molar-refractivity contribution in [1.82, 2.24) is 25.3 Å². The van der Waals surface area contributed by atoms with E-state index in [1.807, 2.05) is 0 Å². The highest BCUT2D eigenvalue weighted by Gasteiger charge is 2.46. The standard InChI is InChI=1S/C31H44N6O9/c1-17(26(40)34-21(31(45)46)16-19-9-11-20(39)12-10-19)33-27(41)22-6-3-13-35(22)28(42)23-7-4-14-36(23)29(43)24-8-5-15-37(24)30(44)25(32)18(2)38/h9-12,17-18,21-25,38-39H,3-8,13-16,32H2,1-2H3,(H,33,41)(H,34,40)(H,45,46)/t17-,18+,21-,22-,23-,24-,25-/m0/s1. The smallest absolute Gasteiger partial charge is 0.326 e. The molecule has 0 unspecified atom stereocenters. The number of rotatable bonds is 11. The lowest BCUT2D eigenvalue weighted by Crippen LogP contribution is -2.58. The lowest BCUT2D eigenvalue weighted by molar-refractivity contribution is -0.151. The molecule has 3 aliphatic rings. The van der Waals surface area contributed by atoms with Gasteiger partial charge in [0, 0.05) is 26.1 Å². The molecule has 1 aromatic carbocycles. The molecule has 252 valence electrons. The van der Waals surface area contributed by atoms with Gasteiger partial charge < -0.3 is 46.4 Å². The topological polar surface area (TPSA) is 223 Å². The number of aliphatic hydroxyl groups excluding tert-OH is 1. The van der Waals surface area contributed by atoms with Crippen LogP contribution in [0.25, 0.3) is 0 Å². The molecule has 7 N–H and O–H groups in total. The minimum Gasteiger partial charge on any atom is -0.508 e. The molecule has 0 aromatic heterocycles. The maximum Gasteiger partial charge on any atom is 0.326 e. The number of nitrogens with two attached hydrogens (primary N) is 1. The van der Waals surface area contributed by atoms with Crippen LogP contribution in [-0.4, -0.2) is 128 Å². The number of nitrogens with one attached hydrogen (secondary N) is 2. The van der Waals surface area contributed by atoms with Gasteiger partial charge in [-0.1, -0.05) is 12.1 Å². The molecular weight excluding hydrogens is 600 g/mol. The van der Waals surface area contributed by atoms with Crippen molar-refractivity contribution in [3.8, 4) is 5.75 Å². The molecule has 0 spiro atoms. The summed E-state index contributed by atoms with van der Waals surface area (Å²) in [6.45, 7) is 3.77. The van der Waals surface area contributed by atoms with Crippen LogP contribution in [0.1, 0.15) is 57.9 Å². The van der Waals surface area contributed by atoms with Gasteiger partial charge in [-0.05, 0) is 70.1 Å². The van der Waals surface area contributed by atoms with E-state index in [0.717, 1.165) is 0 Å². The van der Waals surface area contributed by atoms with Crippen LogP contribution in [0.3, 0.4) is 0 Å². The van der Waals surface area contributed by atoms with E-state index in [9.17, 15) is 44.1 Å². The second-order valence-electron chi connectivity index (χ2n) is 12.3. The first-order chi connectivity index (χ1) is 21.8. The predicted octanol–water partition coefficient (Wildman–Crippen LogP) is -1.31. The van der Waals surface area contributed by atoms with Gasteiger partial charge in [0.1, 0.15) is 42.0 Å². The number of aliphatic hydroxyl groups is 1. The van der Waals surface area contributed by atoms with Gasteiger partial charge in [-0.25, -0.2) is 4.79 Å². The lowest BCUT2D eigenvalue weighted by Gasteiger charge is -2.34. The number of likely N-dealkylation sites (tertiary alicyclic amines) is 3. The Morgan fingerprint density at radius 3 is 1.87 bits per heavy atom. The fourth-order valence-corrected chi connectivity index (χ4v) is 6.40. The Labute approximate surface area is 267 Å². The Balaban J connectivity index is 1.37. The molecule has 3 heterocycles. The molecule has 5 amide bonds. The van der Waals surface area contributed by atoms with Crippen LogP contribution in [0, 0.1) is 0 Å². The third kappa shape index (κ3) is 7.76. The van der Waals surface area contributed by atoms with Gasteiger partial charge in [-0.3, -0.25) is 24.0 Å². The zero-order chi connectivity index (χ0) is 33.7. The number of amides is 5. The molecule has 15 heteroatoms. The van der Waals surface area contributed by atoms with E-state index < -0.39 is 66.0 Å². The Morgan fingerprint density at radius 2 is 1.33 bits per heavy atom. The highest BCUT2D eigenvalue weighted by Crippen LogP contribution is 2.29. The largest absolute Gasteiger partial charge is 0.508 e. The second-order valence-corrected chi connectivity index (χ2v) is 12.3. The highest BCUT2D eigenvalue weighted by molar-refractivity contribution is 5.97. The Hall–Kier alpha value is -4.24. The fraction of sp³-hybridized carbons (Fsp3) is 0.613. The minimum absolute atomic E-state index is 0.0220. The lowest BCUT2D eigenvalue weighted by atomic mass is 10.1. The number of aliphatic carboxylic acids is 1. The van der Waals surface area contributed by atoms with Crippen molar-refractivity contribution < 1.29 is 44.1 Å². The molecule has 0 aliphatic carbocycles. The summed E-state index contributed by atoms with van der Waals surface area (Å²) in [5.74, 6) is -3.77. The minimum atomic E-state index is -1.28. The molecule has 46 heavy (non-hydrogen) atoms. The van der Waals surface area contributed by atoms with Crippen molar-refractivity contribution in [2.75, 3.05) is 19.6 Å². The number of carbonyl (C=O) groups is 6. The van der Waals surface area contributed by atoms with E-state index in [1.165, 1.54) is 40.7 Å². The van der Waals surface area contributed by atoms with E-state index in [1.54, 1.807) is 12.1 Å². The Morgan fingerprint density at radius 1 is 0.826 bits per heavy atom. The van der Waals surface area contributed by atoms with Crippen LogP contribution >= 0.6 is 0 Å². The van der Waals surface area contributed by atoms with Crippen LogP contribution in [-0.2, 0) is 35.2 Å². The van der Waals surface area contributed by atoms with Gasteiger partial charge in [-0.15, -0.1) is 0 Å². The van der Waals surface area contributed by atoms with Crippen LogP contribution in [0.2, 0.25) is 0 Å². The van der Waals surface area contributed by atoms with Gasteiger partial charge in [0.2, 0.25) is 29.5 Å². The third-order valence-electron chi connectivity index (χ3n) is 9.03. The number of hydrogen-bond acceptors (Lipinski definition) is 9. The van der Waals surface area contributed by atoms with Gasteiger partial charge in [-0.2, -0.15) is 0 Å². The van der Waals surface area contributed by atoms with Crippen LogP contribution < -0.4 is 16.4 Å². The normalized spacial score (nSPS) is 23.8. The quantitative estimate of drug-likeness (QED) is 0.167. The van der Waals surface area contributed by atoms with Crippen LogP contribution in [0.5, 0.6) is 5.75 Å². The fourth-order valence-electron chi connectivity index (χ4n) is 6.40. The first-order valence-electron chi connectivity index (χ1n) is 15.8. The molecule has 3 fully saturated rings. The molecule has 7 atom stereocenters. The van der Waals surface area contributed by atoms with Crippen molar-refractivity contribution >= 4 is 35.5 Å². The Kier molecular flexibility index (Phi) is 11.2. The molecule has 3 saturated heterocycles. The van der Waals surface area contributed by atoms with Crippen LogP contribution in [0.15, 0.2) is 24.3 Å². The maximum absolute atomic E-state index is 13.8. The zero-order valence-corrected chi connectivity index (χ0v) is 26.1. The van der Waals surface area contributed by atoms with Crippen molar-refractivity contribution in [3.05, 3.63) is 29.8 Å². The molecule has 4 rings (SSSR count). The summed E-state index contributed by atoms with van der Waals surface area (Å²) in [5, 5.41) is 33.9. The molecule has 0 bridgehead atoms. The number of aromatic hydroxyl groups is 1. The average molecular weight is 645 g/mol.